The van der Waals surface area contributed by atoms with Crippen molar-refractivity contribution in [1.82, 2.24) is 0 Å². The lowest BCUT2D eigenvalue weighted by Crippen LogP contribution is -1.99. The van der Waals surface area contributed by atoms with Crippen molar-refractivity contribution in [3.05, 3.63) is 0 Å². The topological polar surface area (TPSA) is 69.1 Å². The van der Waals surface area contributed by atoms with Crippen LogP contribution in [-0.4, -0.2) is 13.5 Å². The van der Waals surface area contributed by atoms with Gasteiger partial charge in [0.2, 0.25) is 6.41 Å². The summed E-state index contributed by atoms with van der Waals surface area (Å²) in [6.45, 7) is 6.61. The number of rotatable bonds is 0. The predicted molar refractivity (Wildman–Crippen MR) is 68.6 cm³/mol. The fourth-order valence-electron chi connectivity index (χ4n) is 1.31. The van der Waals surface area contributed by atoms with Crippen molar-refractivity contribution in [2.75, 3.05) is 7.05 Å². The maximum atomic E-state index is 8.58. The van der Waals surface area contributed by atoms with Gasteiger partial charge in [0.15, 0.2) is 0 Å². The van der Waals surface area contributed by atoms with Gasteiger partial charge in [0, 0.05) is 0 Å². The molecule has 1 aliphatic rings. The van der Waals surface area contributed by atoms with Crippen LogP contribution in [0, 0.1) is 5.92 Å². The summed E-state index contributed by atoms with van der Waals surface area (Å²) in [5.74, 6) is 1.04. The highest BCUT2D eigenvalue weighted by Crippen LogP contribution is 2.21. The van der Waals surface area contributed by atoms with E-state index in [1.807, 2.05) is 0 Å². The Morgan fingerprint density at radius 2 is 1.40 bits per heavy atom. The van der Waals surface area contributed by atoms with E-state index < -0.39 is 0 Å². The molecule has 3 heteroatoms. The molecule has 0 saturated heterocycles. The van der Waals surface area contributed by atoms with Gasteiger partial charge >= 0.3 is 0 Å². The summed E-state index contributed by atoms with van der Waals surface area (Å²) in [5.41, 5.74) is 8.67. The molecule has 1 amide bonds. The van der Waals surface area contributed by atoms with Crippen LogP contribution in [0.1, 0.15) is 59.3 Å². The highest BCUT2D eigenvalue weighted by Gasteiger charge is 2.05. The van der Waals surface area contributed by atoms with E-state index in [0.29, 0.717) is 0 Å². The minimum Gasteiger partial charge on any atom is -0.372 e. The Bertz CT molecular complexity index is 91.6. The first kappa shape index (κ1) is 19.9. The number of hydrogen-bond acceptors (Lipinski definition) is 2. The quantitative estimate of drug-likeness (QED) is 0.614. The van der Waals surface area contributed by atoms with Crippen LogP contribution in [0.5, 0.6) is 0 Å². The number of carbonyl (C=O) groups is 1. The summed E-state index contributed by atoms with van der Waals surface area (Å²) in [5, 5.41) is 0. The average molecular weight is 218 g/mol. The lowest BCUT2D eigenvalue weighted by molar-refractivity contribution is -0.106. The van der Waals surface area contributed by atoms with Crippen molar-refractivity contribution < 1.29 is 4.79 Å². The Kier molecular flexibility index (Phi) is 31.0. The summed E-state index contributed by atoms with van der Waals surface area (Å²) >= 11 is 0. The average Bonchev–Trinajstić information content (AvgIpc) is 2.24. The Morgan fingerprint density at radius 3 is 1.53 bits per heavy atom. The molecule has 0 spiro atoms. The van der Waals surface area contributed by atoms with Crippen LogP contribution in [0.2, 0.25) is 0 Å². The van der Waals surface area contributed by atoms with E-state index in [-0.39, 0.29) is 6.41 Å². The van der Waals surface area contributed by atoms with Crippen LogP contribution >= 0.6 is 0 Å². The number of carbonyl (C=O) groups excluding carboxylic acids is 1. The van der Waals surface area contributed by atoms with Crippen LogP contribution < -0.4 is 11.5 Å². The maximum Gasteiger partial charge on any atom is 0.204 e. The van der Waals surface area contributed by atoms with Crippen molar-refractivity contribution in [3.8, 4) is 0 Å². The molecule has 4 N–H and O–H groups in total. The van der Waals surface area contributed by atoms with Crippen LogP contribution in [0.15, 0.2) is 0 Å². The monoisotopic (exact) mass is 218 g/mol. The fraction of sp³-hybridized carbons (Fsp3) is 0.917. The van der Waals surface area contributed by atoms with Gasteiger partial charge in [-0.2, -0.15) is 0 Å². The predicted octanol–water partition coefficient (Wildman–Crippen LogP) is 2.68. The summed E-state index contributed by atoms with van der Waals surface area (Å²) in [4.78, 5) is 8.58. The molecular formula is C12H30N2O. The zero-order valence-corrected chi connectivity index (χ0v) is 11.0. The van der Waals surface area contributed by atoms with E-state index in [1.54, 1.807) is 0 Å². The van der Waals surface area contributed by atoms with Crippen LogP contribution in [-0.2, 0) is 4.79 Å². The molecule has 0 aliphatic heterocycles. The van der Waals surface area contributed by atoms with Crippen molar-refractivity contribution in [2.45, 2.75) is 59.3 Å². The van der Waals surface area contributed by atoms with E-state index >= 15 is 0 Å². The van der Waals surface area contributed by atoms with Crippen molar-refractivity contribution >= 4 is 6.41 Å². The molecule has 0 unspecified atom stereocenters. The van der Waals surface area contributed by atoms with E-state index in [1.165, 1.54) is 45.6 Å². The van der Waals surface area contributed by atoms with Crippen molar-refractivity contribution in [3.63, 3.8) is 0 Å². The van der Waals surface area contributed by atoms with Crippen molar-refractivity contribution in [2.24, 2.45) is 17.4 Å². The Morgan fingerprint density at radius 1 is 1.13 bits per heavy atom. The molecule has 0 atom stereocenters. The van der Waals surface area contributed by atoms with Gasteiger partial charge in [-0.25, -0.2) is 0 Å². The van der Waals surface area contributed by atoms with Gasteiger partial charge in [-0.05, 0) is 13.0 Å². The third kappa shape index (κ3) is 31.8. The lowest BCUT2D eigenvalue weighted by Gasteiger charge is -2.15. The van der Waals surface area contributed by atoms with E-state index in [4.69, 9.17) is 4.79 Å². The Hall–Kier alpha value is -0.570. The second kappa shape index (κ2) is 23.3. The van der Waals surface area contributed by atoms with Gasteiger partial charge in [0.25, 0.3) is 0 Å². The van der Waals surface area contributed by atoms with E-state index in [9.17, 15) is 0 Å². The second-order valence-corrected chi connectivity index (χ2v) is 3.59. The summed E-state index contributed by atoms with van der Waals surface area (Å²) in [7, 11) is 1.50. The molecule has 0 bridgehead atoms. The zero-order chi connectivity index (χ0) is 12.5. The maximum absolute atomic E-state index is 8.58. The number of amides is 1. The van der Waals surface area contributed by atoms with Gasteiger partial charge < -0.3 is 11.5 Å². The third-order valence-electron chi connectivity index (χ3n) is 1.89. The third-order valence-corrected chi connectivity index (χ3v) is 1.89. The smallest absolute Gasteiger partial charge is 0.204 e. The largest absolute Gasteiger partial charge is 0.372 e. The normalized spacial score (nSPS) is 14.2. The lowest BCUT2D eigenvalue weighted by atomic mass is 9.91. The zero-order valence-electron chi connectivity index (χ0n) is 11.0. The van der Waals surface area contributed by atoms with Crippen LogP contribution in [0.3, 0.4) is 0 Å². The second-order valence-electron chi connectivity index (χ2n) is 3.59. The van der Waals surface area contributed by atoms with Crippen LogP contribution in [0.25, 0.3) is 0 Å². The highest BCUT2D eigenvalue weighted by molar-refractivity contribution is 5.42. The molecule has 1 saturated carbocycles. The molecule has 0 aromatic rings. The van der Waals surface area contributed by atoms with Crippen molar-refractivity contribution in [1.29, 1.82) is 0 Å². The molecule has 94 valence electrons. The van der Waals surface area contributed by atoms with Crippen LogP contribution in [0.4, 0.5) is 0 Å². The molecule has 0 heterocycles. The molecular weight excluding hydrogens is 188 g/mol. The van der Waals surface area contributed by atoms with Gasteiger partial charge in [-0.1, -0.05) is 59.3 Å². The summed E-state index contributed by atoms with van der Waals surface area (Å²) in [6, 6.07) is 0. The summed E-state index contributed by atoms with van der Waals surface area (Å²) in [6.07, 6.45) is 8.94. The number of primary amides is 1. The Labute approximate surface area is 95.6 Å². The molecule has 0 aromatic heterocycles. The van der Waals surface area contributed by atoms with Gasteiger partial charge in [-0.15, -0.1) is 0 Å². The van der Waals surface area contributed by atoms with Gasteiger partial charge in [0.1, 0.15) is 0 Å². The first-order valence-corrected chi connectivity index (χ1v) is 5.95. The van der Waals surface area contributed by atoms with Gasteiger partial charge in [-0.3, -0.25) is 4.79 Å². The van der Waals surface area contributed by atoms with Gasteiger partial charge in [0.05, 0.1) is 0 Å². The highest BCUT2D eigenvalue weighted by atomic mass is 16.1. The molecule has 15 heavy (non-hydrogen) atoms. The minimum atomic E-state index is 0.250. The SMILES string of the molecule is CC1CCCCC1.CCC.CN.NC=O. The molecule has 1 aliphatic carbocycles. The molecule has 1 fully saturated rings. The standard InChI is InChI=1S/C7H14.C3H8.CH3NO.CH5N/c1-7-5-3-2-4-6-7;1-3-2;2-1-3;1-2/h7H,2-6H2,1H3;3H2,1-2H3;1H,(H2,2,3);2H2,1H3. The number of hydrogen-bond donors (Lipinski definition) is 2. The summed E-state index contributed by atoms with van der Waals surface area (Å²) < 4.78 is 0. The molecule has 3 nitrogen and oxygen atoms in total. The number of nitrogens with two attached hydrogens (primary N) is 2. The first-order valence-electron chi connectivity index (χ1n) is 5.95. The molecule has 0 aromatic carbocycles. The molecule has 1 rings (SSSR count). The van der Waals surface area contributed by atoms with E-state index in [2.05, 4.69) is 32.2 Å². The minimum absolute atomic E-state index is 0.250. The molecule has 0 radical (unpaired) electrons. The first-order chi connectivity index (χ1) is 7.22. The fourth-order valence-corrected chi connectivity index (χ4v) is 1.31. The van der Waals surface area contributed by atoms with E-state index in [0.717, 1.165) is 5.92 Å². The Balaban J connectivity index is -0.000000154.